The summed E-state index contributed by atoms with van der Waals surface area (Å²) in [5, 5.41) is 21.2. The second-order valence-corrected chi connectivity index (χ2v) is 5.46. The van der Waals surface area contributed by atoms with Crippen LogP contribution in [0.4, 0.5) is 0 Å². The Bertz CT molecular complexity index is 316. The molecule has 0 aromatic rings. The second kappa shape index (κ2) is 7.45. The minimum Gasteiger partial charge on any atom is -0.481 e. The van der Waals surface area contributed by atoms with Crippen molar-refractivity contribution in [2.75, 3.05) is 0 Å². The maximum absolute atomic E-state index is 11.6. The first-order chi connectivity index (χ1) is 8.90. The van der Waals surface area contributed by atoms with Gasteiger partial charge in [-0.15, -0.1) is 0 Å². The number of carboxylic acids is 1. The van der Waals surface area contributed by atoms with Gasteiger partial charge in [0.15, 0.2) is 0 Å². The van der Waals surface area contributed by atoms with E-state index in [4.69, 9.17) is 10.8 Å². The summed E-state index contributed by atoms with van der Waals surface area (Å²) in [4.78, 5) is 22.1. The van der Waals surface area contributed by atoms with Crippen molar-refractivity contribution < 1.29 is 19.8 Å². The van der Waals surface area contributed by atoms with Crippen molar-refractivity contribution >= 4 is 11.9 Å². The van der Waals surface area contributed by atoms with E-state index in [1.54, 1.807) is 6.92 Å². The predicted molar refractivity (Wildman–Crippen MR) is 70.4 cm³/mol. The van der Waals surface area contributed by atoms with Crippen molar-refractivity contribution in [2.45, 2.75) is 63.6 Å². The van der Waals surface area contributed by atoms with E-state index in [0.29, 0.717) is 12.3 Å². The molecule has 0 heterocycles. The SMILES string of the molecule is CC(NC(=O)[C@@H](N)CC(=O)O)C(O)CC1CCCC1. The third kappa shape index (κ3) is 5.57. The Morgan fingerprint density at radius 3 is 2.47 bits per heavy atom. The number of rotatable bonds is 7. The van der Waals surface area contributed by atoms with Crippen LogP contribution < -0.4 is 11.1 Å². The lowest BCUT2D eigenvalue weighted by molar-refractivity contribution is -0.139. The molecule has 3 atom stereocenters. The normalized spacial score (nSPS) is 20.8. The Hall–Kier alpha value is -1.14. The summed E-state index contributed by atoms with van der Waals surface area (Å²) < 4.78 is 0. The Balaban J connectivity index is 2.33. The lowest BCUT2D eigenvalue weighted by Crippen LogP contribution is -2.49. The molecule has 0 radical (unpaired) electrons. The summed E-state index contributed by atoms with van der Waals surface area (Å²) in [6.45, 7) is 1.71. The largest absolute Gasteiger partial charge is 0.481 e. The number of carbonyl (C=O) groups is 2. The van der Waals surface area contributed by atoms with Crippen LogP contribution in [0.25, 0.3) is 0 Å². The second-order valence-electron chi connectivity index (χ2n) is 5.46. The zero-order valence-electron chi connectivity index (χ0n) is 11.3. The third-order valence-corrected chi connectivity index (χ3v) is 3.73. The van der Waals surface area contributed by atoms with Crippen molar-refractivity contribution in [1.29, 1.82) is 0 Å². The number of carbonyl (C=O) groups excluding carboxylic acids is 1. The lowest BCUT2D eigenvalue weighted by Gasteiger charge is -2.24. The highest BCUT2D eigenvalue weighted by Crippen LogP contribution is 2.29. The monoisotopic (exact) mass is 272 g/mol. The van der Waals surface area contributed by atoms with Crippen LogP contribution >= 0.6 is 0 Å². The summed E-state index contributed by atoms with van der Waals surface area (Å²) in [6, 6.07) is -1.48. The standard InChI is InChI=1S/C13H24N2O4/c1-8(11(16)6-9-4-2-3-5-9)15-13(19)10(14)7-12(17)18/h8-11,16H,2-7,14H2,1H3,(H,15,19)(H,17,18)/t8?,10-,11?/m0/s1. The Labute approximate surface area is 113 Å². The van der Waals surface area contributed by atoms with E-state index in [2.05, 4.69) is 5.32 Å². The van der Waals surface area contributed by atoms with Gasteiger partial charge in [0.2, 0.25) is 5.91 Å². The van der Waals surface area contributed by atoms with Crippen molar-refractivity contribution in [3.8, 4) is 0 Å². The fourth-order valence-corrected chi connectivity index (χ4v) is 2.50. The number of aliphatic carboxylic acids is 1. The highest BCUT2D eigenvalue weighted by Gasteiger charge is 2.25. The van der Waals surface area contributed by atoms with Crippen LogP contribution in [0.1, 0.15) is 45.4 Å². The number of nitrogens with two attached hydrogens (primary N) is 1. The van der Waals surface area contributed by atoms with Gasteiger partial charge in [-0.25, -0.2) is 0 Å². The average molecular weight is 272 g/mol. The Morgan fingerprint density at radius 1 is 1.37 bits per heavy atom. The number of carboxylic acid groups (broad SMARTS) is 1. The molecule has 0 aromatic heterocycles. The molecule has 1 fully saturated rings. The van der Waals surface area contributed by atoms with Gasteiger partial charge in [-0.1, -0.05) is 25.7 Å². The van der Waals surface area contributed by atoms with Crippen LogP contribution in [0.2, 0.25) is 0 Å². The highest BCUT2D eigenvalue weighted by molar-refractivity contribution is 5.86. The van der Waals surface area contributed by atoms with Gasteiger partial charge in [-0.3, -0.25) is 9.59 Å². The van der Waals surface area contributed by atoms with Gasteiger partial charge >= 0.3 is 5.97 Å². The molecule has 1 saturated carbocycles. The maximum atomic E-state index is 11.6. The lowest BCUT2D eigenvalue weighted by atomic mass is 9.96. The van der Waals surface area contributed by atoms with Gasteiger partial charge in [0, 0.05) is 0 Å². The van der Waals surface area contributed by atoms with Gasteiger partial charge in [0.05, 0.1) is 24.6 Å². The fraction of sp³-hybridized carbons (Fsp3) is 0.846. The maximum Gasteiger partial charge on any atom is 0.305 e. The zero-order chi connectivity index (χ0) is 14.4. The molecule has 1 rings (SSSR count). The Kier molecular flexibility index (Phi) is 6.24. The Morgan fingerprint density at radius 2 is 1.95 bits per heavy atom. The van der Waals surface area contributed by atoms with Gasteiger partial charge in [-0.05, 0) is 19.3 Å². The van der Waals surface area contributed by atoms with Gasteiger partial charge in [-0.2, -0.15) is 0 Å². The van der Waals surface area contributed by atoms with Crippen molar-refractivity contribution in [3.05, 3.63) is 0 Å². The molecule has 0 aromatic carbocycles. The first-order valence-electron chi connectivity index (χ1n) is 6.86. The van der Waals surface area contributed by atoms with E-state index < -0.39 is 36.5 Å². The van der Waals surface area contributed by atoms with Crippen LogP contribution in [0, 0.1) is 5.92 Å². The van der Waals surface area contributed by atoms with Gasteiger partial charge < -0.3 is 21.3 Å². The van der Waals surface area contributed by atoms with Gasteiger partial charge in [0.1, 0.15) is 0 Å². The number of aliphatic hydroxyl groups excluding tert-OH is 1. The van der Waals surface area contributed by atoms with Crippen LogP contribution in [-0.4, -0.2) is 40.3 Å². The topological polar surface area (TPSA) is 113 Å². The zero-order valence-corrected chi connectivity index (χ0v) is 11.3. The first-order valence-corrected chi connectivity index (χ1v) is 6.86. The predicted octanol–water partition coefficient (Wildman–Crippen LogP) is 0.234. The minimum atomic E-state index is -1.11. The smallest absolute Gasteiger partial charge is 0.305 e. The molecule has 0 saturated heterocycles. The number of hydrogen-bond donors (Lipinski definition) is 4. The minimum absolute atomic E-state index is 0.405. The summed E-state index contributed by atoms with van der Waals surface area (Å²) in [7, 11) is 0. The van der Waals surface area contributed by atoms with Crippen LogP contribution in [0.3, 0.4) is 0 Å². The van der Waals surface area contributed by atoms with E-state index in [1.807, 2.05) is 0 Å². The average Bonchev–Trinajstić information content (AvgIpc) is 2.80. The summed E-state index contributed by atoms with van der Waals surface area (Å²) >= 11 is 0. The quantitative estimate of drug-likeness (QED) is 0.530. The summed E-state index contributed by atoms with van der Waals surface area (Å²) in [6.07, 6.45) is 4.35. The molecule has 1 amide bonds. The van der Waals surface area contributed by atoms with E-state index in [1.165, 1.54) is 12.8 Å². The first kappa shape index (κ1) is 15.9. The summed E-state index contributed by atoms with van der Waals surface area (Å²) in [5.74, 6) is -1.11. The molecule has 2 unspecified atom stereocenters. The van der Waals surface area contributed by atoms with Crippen molar-refractivity contribution in [3.63, 3.8) is 0 Å². The van der Waals surface area contributed by atoms with Crippen LogP contribution in [0.15, 0.2) is 0 Å². The van der Waals surface area contributed by atoms with E-state index in [-0.39, 0.29) is 0 Å². The number of aliphatic hydroxyl groups is 1. The molecule has 6 heteroatoms. The molecule has 0 spiro atoms. The van der Waals surface area contributed by atoms with Crippen molar-refractivity contribution in [2.24, 2.45) is 11.7 Å². The van der Waals surface area contributed by atoms with E-state index in [9.17, 15) is 14.7 Å². The molecule has 0 aliphatic heterocycles. The highest BCUT2D eigenvalue weighted by atomic mass is 16.4. The molecule has 1 aliphatic rings. The summed E-state index contributed by atoms with van der Waals surface area (Å²) in [5.41, 5.74) is 5.46. The van der Waals surface area contributed by atoms with Crippen molar-refractivity contribution in [1.82, 2.24) is 5.32 Å². The van der Waals surface area contributed by atoms with Crippen LogP contribution in [-0.2, 0) is 9.59 Å². The number of hydrogen-bond acceptors (Lipinski definition) is 4. The molecular weight excluding hydrogens is 248 g/mol. The van der Waals surface area contributed by atoms with E-state index in [0.717, 1.165) is 12.8 Å². The molecule has 19 heavy (non-hydrogen) atoms. The molecule has 6 nitrogen and oxygen atoms in total. The van der Waals surface area contributed by atoms with Crippen LogP contribution in [0.5, 0.6) is 0 Å². The molecular formula is C13H24N2O4. The van der Waals surface area contributed by atoms with E-state index >= 15 is 0 Å². The fourth-order valence-electron chi connectivity index (χ4n) is 2.50. The number of amides is 1. The molecule has 110 valence electrons. The van der Waals surface area contributed by atoms with Gasteiger partial charge in [0.25, 0.3) is 0 Å². The molecule has 1 aliphatic carbocycles. The molecule has 0 bridgehead atoms. The molecule has 5 N–H and O–H groups in total. The number of nitrogens with one attached hydrogen (secondary N) is 1. The third-order valence-electron chi connectivity index (χ3n) is 3.73.